The lowest BCUT2D eigenvalue weighted by Crippen LogP contribution is -2.51. The van der Waals surface area contributed by atoms with Crippen LogP contribution in [0.2, 0.25) is 5.02 Å². The van der Waals surface area contributed by atoms with Gasteiger partial charge in [-0.15, -0.1) is 0 Å². The number of benzene rings is 2. The smallest absolute Gasteiger partial charge is 0.282 e. The first kappa shape index (κ1) is 19.8. The second kappa shape index (κ2) is 8.39. The highest BCUT2D eigenvalue weighted by Gasteiger charge is 2.34. The van der Waals surface area contributed by atoms with Crippen LogP contribution in [0.4, 0.5) is 5.69 Å². The fourth-order valence-electron chi connectivity index (χ4n) is 3.01. The van der Waals surface area contributed by atoms with Gasteiger partial charge in [-0.25, -0.2) is 0 Å². The van der Waals surface area contributed by atoms with Crippen LogP contribution in [0.15, 0.2) is 48.5 Å². The number of hydrogen-bond donors (Lipinski definition) is 1. The summed E-state index contributed by atoms with van der Waals surface area (Å²) in [7, 11) is -3.69. The van der Waals surface area contributed by atoms with E-state index in [1.54, 1.807) is 24.3 Å². The third-order valence-electron chi connectivity index (χ3n) is 4.52. The molecule has 6 nitrogen and oxygen atoms in total. The Balaban J connectivity index is 1.67. The van der Waals surface area contributed by atoms with Crippen molar-refractivity contribution in [2.24, 2.45) is 0 Å². The molecular weight excluding hydrogens is 386 g/mol. The number of carbonyl (C=O) groups excluding carboxylic acids is 1. The summed E-state index contributed by atoms with van der Waals surface area (Å²) < 4.78 is 28.5. The lowest BCUT2D eigenvalue weighted by molar-refractivity contribution is -0.116. The summed E-state index contributed by atoms with van der Waals surface area (Å²) in [5.74, 6) is -0.376. The molecule has 1 saturated heterocycles. The van der Waals surface area contributed by atoms with Gasteiger partial charge in [0, 0.05) is 30.3 Å². The minimum Gasteiger partial charge on any atom is -0.325 e. The first-order chi connectivity index (χ1) is 12.9. The van der Waals surface area contributed by atoms with Crippen molar-refractivity contribution in [3.63, 3.8) is 0 Å². The summed E-state index contributed by atoms with van der Waals surface area (Å²) in [5.41, 5.74) is 2.59. The average molecular weight is 408 g/mol. The molecule has 3 rings (SSSR count). The summed E-state index contributed by atoms with van der Waals surface area (Å²) in [4.78, 5) is 12.3. The van der Waals surface area contributed by atoms with Gasteiger partial charge in [0.15, 0.2) is 0 Å². The summed E-state index contributed by atoms with van der Waals surface area (Å²) in [6, 6.07) is 14.4. The topological polar surface area (TPSA) is 69.7 Å². The molecule has 27 heavy (non-hydrogen) atoms. The molecular formula is C19H22ClN3O3S. The normalized spacial score (nSPS) is 17.6. The van der Waals surface area contributed by atoms with E-state index in [0.717, 1.165) is 11.1 Å². The van der Waals surface area contributed by atoms with Gasteiger partial charge in [-0.3, -0.25) is 4.79 Å². The van der Waals surface area contributed by atoms with Gasteiger partial charge in [0.2, 0.25) is 5.91 Å². The molecule has 0 atom stereocenters. The van der Waals surface area contributed by atoms with Gasteiger partial charge in [0.05, 0.1) is 6.54 Å². The molecule has 1 aliphatic heterocycles. The molecule has 0 radical (unpaired) electrons. The number of hydrogen-bond acceptors (Lipinski definition) is 3. The number of nitrogens with one attached hydrogen (secondary N) is 1. The van der Waals surface area contributed by atoms with Crippen molar-refractivity contribution in [2.75, 3.05) is 25.0 Å². The van der Waals surface area contributed by atoms with Crippen LogP contribution < -0.4 is 5.32 Å². The highest BCUT2D eigenvalue weighted by Crippen LogP contribution is 2.21. The Kier molecular flexibility index (Phi) is 6.16. The lowest BCUT2D eigenvalue weighted by atomic mass is 10.1. The van der Waals surface area contributed by atoms with Gasteiger partial charge in [-0.2, -0.15) is 17.0 Å². The van der Waals surface area contributed by atoms with Gasteiger partial charge < -0.3 is 5.32 Å². The molecule has 1 heterocycles. The molecule has 0 unspecified atom stereocenters. The lowest BCUT2D eigenvalue weighted by Gasteiger charge is -2.34. The Morgan fingerprint density at radius 1 is 1.07 bits per heavy atom. The number of carbonyl (C=O) groups is 1. The summed E-state index contributed by atoms with van der Waals surface area (Å²) in [6.45, 7) is 2.84. The fourth-order valence-corrected chi connectivity index (χ4v) is 4.76. The summed E-state index contributed by atoms with van der Waals surface area (Å²) >= 11 is 5.83. The second-order valence-corrected chi connectivity index (χ2v) is 8.87. The predicted octanol–water partition coefficient (Wildman–Crippen LogP) is 3.04. The maximum absolute atomic E-state index is 12.9. The number of rotatable bonds is 5. The third kappa shape index (κ3) is 4.87. The van der Waals surface area contributed by atoms with Gasteiger partial charge in [0.25, 0.3) is 10.2 Å². The Bertz CT molecular complexity index is 916. The van der Waals surface area contributed by atoms with E-state index >= 15 is 0 Å². The molecule has 8 heteroatoms. The zero-order chi connectivity index (χ0) is 19.4. The largest absolute Gasteiger partial charge is 0.325 e. The molecule has 1 amide bonds. The number of amides is 1. The Labute approximate surface area is 164 Å². The van der Waals surface area contributed by atoms with Gasteiger partial charge in [0.1, 0.15) is 0 Å². The molecule has 0 aliphatic carbocycles. The number of aryl methyl sites for hydroxylation is 1. The zero-order valence-electron chi connectivity index (χ0n) is 15.1. The quantitative estimate of drug-likeness (QED) is 0.828. The maximum atomic E-state index is 12.9. The van der Waals surface area contributed by atoms with Crippen molar-refractivity contribution in [3.8, 4) is 0 Å². The van der Waals surface area contributed by atoms with Crippen molar-refractivity contribution in [2.45, 2.75) is 19.9 Å². The van der Waals surface area contributed by atoms with Gasteiger partial charge in [-0.1, -0.05) is 35.9 Å². The van der Waals surface area contributed by atoms with E-state index in [1.807, 2.05) is 31.2 Å². The molecule has 0 saturated carbocycles. The summed E-state index contributed by atoms with van der Waals surface area (Å²) in [6.07, 6.45) is 0.680. The molecule has 0 aromatic heterocycles. The Morgan fingerprint density at radius 3 is 2.44 bits per heavy atom. The third-order valence-corrected chi connectivity index (χ3v) is 6.70. The van der Waals surface area contributed by atoms with E-state index in [2.05, 4.69) is 5.32 Å². The SMILES string of the molecule is Cc1ccccc1CN1CCCN(CC(=O)Nc2ccc(Cl)cc2)S1(=O)=O. The number of halogens is 1. The molecule has 144 valence electrons. The van der Waals surface area contributed by atoms with Crippen LogP contribution >= 0.6 is 11.6 Å². The predicted molar refractivity (Wildman–Crippen MR) is 107 cm³/mol. The van der Waals surface area contributed by atoms with Crippen LogP contribution in [0.3, 0.4) is 0 Å². The van der Waals surface area contributed by atoms with Crippen LogP contribution in [0, 0.1) is 6.92 Å². The van der Waals surface area contributed by atoms with Crippen molar-refractivity contribution < 1.29 is 13.2 Å². The summed E-state index contributed by atoms with van der Waals surface area (Å²) in [5, 5.41) is 3.27. The molecule has 1 aliphatic rings. The Morgan fingerprint density at radius 2 is 1.74 bits per heavy atom. The van der Waals surface area contributed by atoms with Crippen LogP contribution in [0.5, 0.6) is 0 Å². The van der Waals surface area contributed by atoms with E-state index < -0.39 is 10.2 Å². The number of nitrogens with zero attached hydrogens (tertiary/aromatic N) is 2. The van der Waals surface area contributed by atoms with Crippen molar-refractivity contribution in [3.05, 3.63) is 64.7 Å². The minimum atomic E-state index is -3.69. The second-order valence-electron chi connectivity index (χ2n) is 6.51. The van der Waals surface area contributed by atoms with Crippen LogP contribution in [-0.2, 0) is 21.5 Å². The Hall–Kier alpha value is -1.93. The number of anilines is 1. The van der Waals surface area contributed by atoms with Crippen molar-refractivity contribution >= 4 is 33.4 Å². The molecule has 0 spiro atoms. The molecule has 1 N–H and O–H groups in total. The highest BCUT2D eigenvalue weighted by molar-refractivity contribution is 7.86. The highest BCUT2D eigenvalue weighted by atomic mass is 35.5. The molecule has 2 aromatic carbocycles. The van der Waals surface area contributed by atoms with Crippen LogP contribution in [0.25, 0.3) is 0 Å². The van der Waals surface area contributed by atoms with E-state index in [4.69, 9.17) is 11.6 Å². The van der Waals surface area contributed by atoms with E-state index in [1.165, 1.54) is 8.61 Å². The van der Waals surface area contributed by atoms with Crippen molar-refractivity contribution in [1.29, 1.82) is 0 Å². The molecule has 0 bridgehead atoms. The zero-order valence-corrected chi connectivity index (χ0v) is 16.6. The average Bonchev–Trinajstić information content (AvgIpc) is 2.62. The van der Waals surface area contributed by atoms with Crippen molar-refractivity contribution in [1.82, 2.24) is 8.61 Å². The first-order valence-corrected chi connectivity index (χ1v) is 10.5. The van der Waals surface area contributed by atoms with Gasteiger partial charge >= 0.3 is 0 Å². The van der Waals surface area contributed by atoms with E-state index in [-0.39, 0.29) is 12.5 Å². The van der Waals surface area contributed by atoms with Crippen LogP contribution in [-0.4, -0.2) is 42.6 Å². The fraction of sp³-hybridized carbons (Fsp3) is 0.316. The molecule has 1 fully saturated rings. The van der Waals surface area contributed by atoms with E-state index in [0.29, 0.717) is 36.8 Å². The first-order valence-electron chi connectivity index (χ1n) is 8.71. The maximum Gasteiger partial charge on any atom is 0.282 e. The standard InChI is InChI=1S/C19H22ClN3O3S/c1-15-5-2-3-6-16(15)13-22-11-4-12-23(27(22,25)26)14-19(24)21-18-9-7-17(20)8-10-18/h2-3,5-10H,4,11-14H2,1H3,(H,21,24). The van der Waals surface area contributed by atoms with Gasteiger partial charge in [-0.05, 0) is 48.7 Å². The van der Waals surface area contributed by atoms with Crippen LogP contribution in [0.1, 0.15) is 17.5 Å². The van der Waals surface area contributed by atoms with E-state index in [9.17, 15) is 13.2 Å². The minimum absolute atomic E-state index is 0.213. The monoisotopic (exact) mass is 407 g/mol. The molecule has 2 aromatic rings.